The van der Waals surface area contributed by atoms with Crippen molar-refractivity contribution in [3.8, 4) is 0 Å². The van der Waals surface area contributed by atoms with Gasteiger partial charge in [0.05, 0.1) is 26.4 Å². The van der Waals surface area contributed by atoms with Crippen molar-refractivity contribution in [3.63, 3.8) is 0 Å². The molecular formula is C86H168O17P2. The Morgan fingerprint density at radius 3 is 0.724 bits per heavy atom. The minimum atomic E-state index is -4.97. The van der Waals surface area contributed by atoms with Gasteiger partial charge in [0.25, 0.3) is 0 Å². The zero-order valence-electron chi connectivity index (χ0n) is 69.0. The highest BCUT2D eigenvalue weighted by molar-refractivity contribution is 7.47. The molecule has 0 saturated heterocycles. The Morgan fingerprint density at radius 2 is 0.486 bits per heavy atom. The molecule has 0 amide bonds. The van der Waals surface area contributed by atoms with Gasteiger partial charge >= 0.3 is 39.5 Å². The summed E-state index contributed by atoms with van der Waals surface area (Å²) in [6.45, 7) is 9.67. The van der Waals surface area contributed by atoms with Crippen molar-refractivity contribution >= 4 is 39.5 Å². The van der Waals surface area contributed by atoms with E-state index in [2.05, 4.69) is 41.5 Å². The Hall–Kier alpha value is -1.94. The molecule has 3 N–H and O–H groups in total. The maximum Gasteiger partial charge on any atom is 0.472 e. The predicted octanol–water partition coefficient (Wildman–Crippen LogP) is 26.2. The van der Waals surface area contributed by atoms with Gasteiger partial charge in [0, 0.05) is 25.7 Å². The second-order valence-corrected chi connectivity index (χ2v) is 34.6. The van der Waals surface area contributed by atoms with Gasteiger partial charge in [-0.05, 0) is 37.5 Å². The number of aliphatic hydroxyl groups excluding tert-OH is 1. The fourth-order valence-electron chi connectivity index (χ4n) is 13.4. The summed E-state index contributed by atoms with van der Waals surface area (Å²) in [4.78, 5) is 73.2. The molecule has 3 unspecified atom stereocenters. The third-order valence-corrected chi connectivity index (χ3v) is 22.5. The minimum Gasteiger partial charge on any atom is -0.462 e. The molecule has 0 aliphatic carbocycles. The SMILES string of the molecule is CCCCCCCCCCCCCCCCCCCCC(=O)OC[C@H](COP(=O)(O)OC[C@@H](O)COP(=O)(O)OC[C@@H](COC(=O)CCCCCCCCC(C)CC)OC(=O)CCCCCCCCCCCCCCCCCCCC)OC(=O)CCCCCCCCCCCCCCCCCCC(C)C. The maximum absolute atomic E-state index is 13.1. The average Bonchev–Trinajstić information content (AvgIpc) is 0.909. The van der Waals surface area contributed by atoms with Crippen LogP contribution in [0.3, 0.4) is 0 Å². The van der Waals surface area contributed by atoms with E-state index in [0.717, 1.165) is 108 Å². The zero-order valence-corrected chi connectivity index (χ0v) is 70.8. The highest BCUT2D eigenvalue weighted by Gasteiger charge is 2.30. The van der Waals surface area contributed by atoms with E-state index < -0.39 is 97.5 Å². The molecular weight excluding hydrogens is 1370 g/mol. The van der Waals surface area contributed by atoms with E-state index in [1.807, 2.05) is 0 Å². The number of carbonyl (C=O) groups is 4. The molecule has 0 aromatic carbocycles. The number of phosphoric acid groups is 2. The molecule has 105 heavy (non-hydrogen) atoms. The van der Waals surface area contributed by atoms with Crippen LogP contribution in [0.2, 0.25) is 0 Å². The van der Waals surface area contributed by atoms with Crippen LogP contribution in [0, 0.1) is 11.8 Å². The molecule has 0 aromatic heterocycles. The van der Waals surface area contributed by atoms with E-state index >= 15 is 0 Å². The summed E-state index contributed by atoms with van der Waals surface area (Å²) in [5, 5.41) is 10.7. The number of esters is 4. The number of carbonyl (C=O) groups excluding carboxylic acids is 4. The van der Waals surface area contributed by atoms with Gasteiger partial charge in [-0.15, -0.1) is 0 Å². The first kappa shape index (κ1) is 103. The second-order valence-electron chi connectivity index (χ2n) is 31.6. The van der Waals surface area contributed by atoms with Gasteiger partial charge < -0.3 is 33.8 Å². The molecule has 624 valence electrons. The lowest BCUT2D eigenvalue weighted by Crippen LogP contribution is -2.30. The Kier molecular flexibility index (Phi) is 76.0. The van der Waals surface area contributed by atoms with Crippen molar-refractivity contribution in [1.82, 2.24) is 0 Å². The summed E-state index contributed by atoms with van der Waals surface area (Å²) in [6, 6.07) is 0. The van der Waals surface area contributed by atoms with Crippen molar-refractivity contribution in [1.29, 1.82) is 0 Å². The summed E-state index contributed by atoms with van der Waals surface area (Å²) in [6.07, 6.45) is 69.5. The molecule has 0 saturated carbocycles. The molecule has 6 atom stereocenters. The molecule has 0 heterocycles. The largest absolute Gasteiger partial charge is 0.472 e. The molecule has 0 spiro atoms. The van der Waals surface area contributed by atoms with E-state index in [1.165, 1.54) is 270 Å². The first-order chi connectivity index (χ1) is 50.9. The van der Waals surface area contributed by atoms with Gasteiger partial charge in [-0.2, -0.15) is 0 Å². The summed E-state index contributed by atoms with van der Waals surface area (Å²) in [5.41, 5.74) is 0. The third kappa shape index (κ3) is 78.5. The van der Waals surface area contributed by atoms with Crippen molar-refractivity contribution < 1.29 is 80.2 Å². The van der Waals surface area contributed by atoms with Crippen LogP contribution in [-0.4, -0.2) is 96.7 Å². The van der Waals surface area contributed by atoms with E-state index in [-0.39, 0.29) is 25.7 Å². The highest BCUT2D eigenvalue weighted by Crippen LogP contribution is 2.45. The van der Waals surface area contributed by atoms with E-state index in [4.69, 9.17) is 37.0 Å². The molecule has 0 rings (SSSR count). The molecule has 19 heteroatoms. The first-order valence-electron chi connectivity index (χ1n) is 44.5. The lowest BCUT2D eigenvalue weighted by atomic mass is 10.00. The van der Waals surface area contributed by atoms with Crippen LogP contribution in [0.25, 0.3) is 0 Å². The second kappa shape index (κ2) is 77.4. The standard InChI is InChI=1S/C86H168O17P2/c1-7-10-12-14-16-18-20-22-24-26-28-33-37-41-45-49-56-62-68-83(88)96-74-81(102-85(90)70-64-59-51-47-43-39-35-31-30-32-36-40-44-48-54-60-66-78(4)5)76-100-104(92,93)98-72-80(87)73-99-105(94,95)101-77-82(75-97-84(89)69-63-57-53-52-55-61-67-79(6)9-3)103-86(91)71-65-58-50-46-42-38-34-29-27-25-23-21-19-17-15-13-11-8-2/h78-82,87H,7-77H2,1-6H3,(H,92,93)(H,94,95)/t79?,80-,81-,82-/m1/s1. The van der Waals surface area contributed by atoms with Gasteiger partial charge in [0.1, 0.15) is 19.3 Å². The first-order valence-corrected chi connectivity index (χ1v) is 47.5. The van der Waals surface area contributed by atoms with E-state index in [0.29, 0.717) is 25.7 Å². The zero-order chi connectivity index (χ0) is 77.1. The van der Waals surface area contributed by atoms with Crippen LogP contribution in [0.4, 0.5) is 0 Å². The molecule has 0 bridgehead atoms. The van der Waals surface area contributed by atoms with Crippen molar-refractivity contribution in [2.45, 2.75) is 477 Å². The van der Waals surface area contributed by atoms with Gasteiger partial charge in [-0.3, -0.25) is 37.3 Å². The quantitative estimate of drug-likeness (QED) is 0.0222. The summed E-state index contributed by atoms with van der Waals surface area (Å²) in [5.74, 6) is -0.563. The Bertz CT molecular complexity index is 2010. The third-order valence-electron chi connectivity index (χ3n) is 20.6. The van der Waals surface area contributed by atoms with Crippen LogP contribution in [0.15, 0.2) is 0 Å². The van der Waals surface area contributed by atoms with E-state index in [9.17, 15) is 43.2 Å². The van der Waals surface area contributed by atoms with Crippen molar-refractivity contribution in [2.75, 3.05) is 39.6 Å². The van der Waals surface area contributed by atoms with Crippen molar-refractivity contribution in [3.05, 3.63) is 0 Å². The Labute approximate surface area is 645 Å². The summed E-state index contributed by atoms with van der Waals surface area (Å²) < 4.78 is 68.9. The highest BCUT2D eigenvalue weighted by atomic mass is 31.2. The monoisotopic (exact) mass is 1540 g/mol. The van der Waals surface area contributed by atoms with Gasteiger partial charge in [-0.25, -0.2) is 9.13 Å². The van der Waals surface area contributed by atoms with Crippen LogP contribution in [0.5, 0.6) is 0 Å². The maximum atomic E-state index is 13.1. The normalized spacial score (nSPS) is 14.1. The van der Waals surface area contributed by atoms with Crippen LogP contribution < -0.4 is 0 Å². The van der Waals surface area contributed by atoms with Crippen LogP contribution in [-0.2, 0) is 65.4 Å². The van der Waals surface area contributed by atoms with Gasteiger partial charge in [0.2, 0.25) is 0 Å². The number of phosphoric ester groups is 2. The lowest BCUT2D eigenvalue weighted by Gasteiger charge is -2.21. The smallest absolute Gasteiger partial charge is 0.462 e. The molecule has 0 aliphatic rings. The Morgan fingerprint density at radius 1 is 0.276 bits per heavy atom. The summed E-state index contributed by atoms with van der Waals surface area (Å²) >= 11 is 0. The minimum absolute atomic E-state index is 0.108. The average molecular weight is 1540 g/mol. The van der Waals surface area contributed by atoms with Gasteiger partial charge in [0.15, 0.2) is 12.2 Å². The van der Waals surface area contributed by atoms with E-state index in [1.54, 1.807) is 0 Å². The number of hydrogen-bond acceptors (Lipinski definition) is 15. The van der Waals surface area contributed by atoms with Crippen LogP contribution in [0.1, 0.15) is 459 Å². The summed E-state index contributed by atoms with van der Waals surface area (Å²) in [7, 11) is -9.93. The topological polar surface area (TPSA) is 237 Å². The molecule has 0 fully saturated rings. The number of aliphatic hydroxyl groups is 1. The lowest BCUT2D eigenvalue weighted by molar-refractivity contribution is -0.161. The fraction of sp³-hybridized carbons (Fsp3) is 0.953. The van der Waals surface area contributed by atoms with Crippen molar-refractivity contribution in [2.24, 2.45) is 11.8 Å². The predicted molar refractivity (Wildman–Crippen MR) is 432 cm³/mol. The number of hydrogen-bond donors (Lipinski definition) is 3. The molecule has 0 radical (unpaired) electrons. The van der Waals surface area contributed by atoms with Gasteiger partial charge in [-0.1, -0.05) is 408 Å². The molecule has 17 nitrogen and oxygen atoms in total. The van der Waals surface area contributed by atoms with Crippen LogP contribution >= 0.6 is 15.6 Å². The Balaban J connectivity index is 5.23. The molecule has 0 aliphatic heterocycles. The fourth-order valence-corrected chi connectivity index (χ4v) is 15.0. The number of rotatable bonds is 85. The number of unbranched alkanes of at least 4 members (excludes halogenated alkanes) is 54. The molecule has 0 aromatic rings. The number of ether oxygens (including phenoxy) is 4.